The van der Waals surface area contributed by atoms with Crippen molar-refractivity contribution in [3.8, 4) is 0 Å². The minimum Gasteiger partial charge on any atom is -0.469 e. The molecule has 0 N–H and O–H groups in total. The van der Waals surface area contributed by atoms with E-state index < -0.39 is 0 Å². The zero-order valence-corrected chi connectivity index (χ0v) is 11.5. The Morgan fingerprint density at radius 2 is 1.95 bits per heavy atom. The van der Waals surface area contributed by atoms with Crippen LogP contribution in [0.2, 0.25) is 0 Å². The second kappa shape index (κ2) is 7.76. The number of esters is 2. The van der Waals surface area contributed by atoms with Crippen molar-refractivity contribution in [2.24, 2.45) is 5.92 Å². The summed E-state index contributed by atoms with van der Waals surface area (Å²) in [7, 11) is 2.71. The molecule has 0 radical (unpaired) electrons. The van der Waals surface area contributed by atoms with Crippen LogP contribution < -0.4 is 0 Å². The first-order valence-electron chi connectivity index (χ1n) is 6.51. The molecule has 0 aromatic rings. The maximum absolute atomic E-state index is 11.7. The topological polar surface area (TPSA) is 72.9 Å². The van der Waals surface area contributed by atoms with E-state index in [1.54, 1.807) is 4.90 Å². The van der Waals surface area contributed by atoms with Crippen LogP contribution in [0.15, 0.2) is 0 Å². The SMILES string of the molecule is COC(=O)CCCCCN1CC(C(=O)OC)CC1=O. The predicted octanol–water partition coefficient (Wildman–Crippen LogP) is 0.741. The molecular formula is C13H21NO5. The van der Waals surface area contributed by atoms with E-state index in [-0.39, 0.29) is 30.2 Å². The lowest BCUT2D eigenvalue weighted by molar-refractivity contribution is -0.145. The standard InChI is InChI=1S/C13H21NO5/c1-18-12(16)6-4-3-5-7-14-9-10(8-11(14)15)13(17)19-2/h10H,3-9H2,1-2H3. The molecule has 1 saturated heterocycles. The van der Waals surface area contributed by atoms with Crippen LogP contribution in [0.1, 0.15) is 32.1 Å². The fourth-order valence-electron chi connectivity index (χ4n) is 2.16. The van der Waals surface area contributed by atoms with Crippen molar-refractivity contribution in [2.45, 2.75) is 32.1 Å². The largest absolute Gasteiger partial charge is 0.469 e. The Bertz CT molecular complexity index is 342. The zero-order valence-electron chi connectivity index (χ0n) is 11.5. The van der Waals surface area contributed by atoms with Gasteiger partial charge in [0.1, 0.15) is 0 Å². The second-order valence-corrected chi connectivity index (χ2v) is 4.65. The maximum atomic E-state index is 11.7. The number of amides is 1. The summed E-state index contributed by atoms with van der Waals surface area (Å²) in [5.41, 5.74) is 0. The highest BCUT2D eigenvalue weighted by Gasteiger charge is 2.34. The van der Waals surface area contributed by atoms with Crippen LogP contribution in [0.3, 0.4) is 0 Å². The summed E-state index contributed by atoms with van der Waals surface area (Å²) in [6, 6.07) is 0. The molecular weight excluding hydrogens is 250 g/mol. The number of rotatable bonds is 7. The van der Waals surface area contributed by atoms with Crippen LogP contribution in [0.4, 0.5) is 0 Å². The lowest BCUT2D eigenvalue weighted by atomic mass is 10.1. The van der Waals surface area contributed by atoms with Crippen LogP contribution >= 0.6 is 0 Å². The third-order valence-electron chi connectivity index (χ3n) is 3.29. The van der Waals surface area contributed by atoms with Crippen molar-refractivity contribution in [1.29, 1.82) is 0 Å². The first-order valence-corrected chi connectivity index (χ1v) is 6.51. The molecule has 0 aromatic carbocycles. The van der Waals surface area contributed by atoms with Crippen LogP contribution in [-0.4, -0.2) is 50.1 Å². The minimum atomic E-state index is -0.326. The predicted molar refractivity (Wildman–Crippen MR) is 67.2 cm³/mol. The number of unbranched alkanes of at least 4 members (excludes halogenated alkanes) is 2. The highest BCUT2D eigenvalue weighted by atomic mass is 16.5. The van der Waals surface area contributed by atoms with Gasteiger partial charge in [0.25, 0.3) is 0 Å². The van der Waals surface area contributed by atoms with Crippen LogP contribution in [0.25, 0.3) is 0 Å². The van der Waals surface area contributed by atoms with E-state index >= 15 is 0 Å². The van der Waals surface area contributed by atoms with Gasteiger partial charge in [-0.15, -0.1) is 0 Å². The Hall–Kier alpha value is -1.59. The molecule has 1 aliphatic rings. The van der Waals surface area contributed by atoms with Gasteiger partial charge in [-0.2, -0.15) is 0 Å². The zero-order chi connectivity index (χ0) is 14.3. The number of carbonyl (C=O) groups excluding carboxylic acids is 3. The molecule has 1 atom stereocenters. The van der Waals surface area contributed by atoms with Gasteiger partial charge in [-0.3, -0.25) is 14.4 Å². The highest BCUT2D eigenvalue weighted by Crippen LogP contribution is 2.19. The van der Waals surface area contributed by atoms with Crippen LogP contribution in [0, 0.1) is 5.92 Å². The van der Waals surface area contributed by atoms with E-state index in [2.05, 4.69) is 9.47 Å². The number of nitrogens with zero attached hydrogens (tertiary/aromatic N) is 1. The summed E-state index contributed by atoms with van der Waals surface area (Å²) >= 11 is 0. The van der Waals surface area contributed by atoms with Crippen molar-refractivity contribution in [3.63, 3.8) is 0 Å². The molecule has 0 spiro atoms. The Balaban J connectivity index is 2.18. The molecule has 1 aliphatic heterocycles. The molecule has 19 heavy (non-hydrogen) atoms. The van der Waals surface area contributed by atoms with Crippen molar-refractivity contribution < 1.29 is 23.9 Å². The van der Waals surface area contributed by atoms with Crippen LogP contribution in [-0.2, 0) is 23.9 Å². The Morgan fingerprint density at radius 3 is 2.58 bits per heavy atom. The number of ether oxygens (including phenoxy) is 2. The van der Waals surface area contributed by atoms with Crippen molar-refractivity contribution in [1.82, 2.24) is 4.90 Å². The second-order valence-electron chi connectivity index (χ2n) is 4.65. The first kappa shape index (κ1) is 15.5. The summed E-state index contributed by atoms with van der Waals surface area (Å²) in [5, 5.41) is 0. The molecule has 0 aromatic heterocycles. The number of hydrogen-bond donors (Lipinski definition) is 0. The van der Waals surface area contributed by atoms with Gasteiger partial charge in [0.05, 0.1) is 20.1 Å². The van der Waals surface area contributed by atoms with Gasteiger partial charge in [-0.1, -0.05) is 6.42 Å². The van der Waals surface area contributed by atoms with Crippen molar-refractivity contribution in [2.75, 3.05) is 27.3 Å². The third kappa shape index (κ3) is 4.89. The highest BCUT2D eigenvalue weighted by molar-refractivity contribution is 5.86. The Kier molecular flexibility index (Phi) is 6.32. The smallest absolute Gasteiger partial charge is 0.310 e. The lowest BCUT2D eigenvalue weighted by Crippen LogP contribution is -2.27. The van der Waals surface area contributed by atoms with Gasteiger partial charge >= 0.3 is 11.9 Å². The number of carbonyl (C=O) groups is 3. The van der Waals surface area contributed by atoms with Gasteiger partial charge in [-0.05, 0) is 12.8 Å². The maximum Gasteiger partial charge on any atom is 0.310 e. The summed E-state index contributed by atoms with van der Waals surface area (Å²) in [6.07, 6.45) is 3.11. The summed E-state index contributed by atoms with van der Waals surface area (Å²) in [5.74, 6) is -0.847. The van der Waals surface area contributed by atoms with Gasteiger partial charge in [0.2, 0.25) is 5.91 Å². The molecule has 0 aliphatic carbocycles. The molecule has 0 bridgehead atoms. The van der Waals surface area contributed by atoms with Crippen molar-refractivity contribution in [3.05, 3.63) is 0 Å². The molecule has 6 nitrogen and oxygen atoms in total. The molecule has 1 unspecified atom stereocenters. The number of likely N-dealkylation sites (tertiary alicyclic amines) is 1. The van der Waals surface area contributed by atoms with E-state index in [4.69, 9.17) is 0 Å². The summed E-state index contributed by atoms with van der Waals surface area (Å²) in [4.78, 5) is 35.6. The number of methoxy groups -OCH3 is 2. The van der Waals surface area contributed by atoms with E-state index in [0.29, 0.717) is 19.5 Å². The first-order chi connectivity index (χ1) is 9.08. The molecule has 1 fully saturated rings. The molecule has 1 heterocycles. The van der Waals surface area contributed by atoms with E-state index in [9.17, 15) is 14.4 Å². The minimum absolute atomic E-state index is 0.00312. The molecule has 1 rings (SSSR count). The Morgan fingerprint density at radius 1 is 1.21 bits per heavy atom. The molecule has 0 saturated carbocycles. The molecule has 108 valence electrons. The average molecular weight is 271 g/mol. The number of hydrogen-bond acceptors (Lipinski definition) is 5. The van der Waals surface area contributed by atoms with E-state index in [0.717, 1.165) is 19.3 Å². The van der Waals surface area contributed by atoms with E-state index in [1.807, 2.05) is 0 Å². The fraction of sp³-hybridized carbons (Fsp3) is 0.769. The fourth-order valence-corrected chi connectivity index (χ4v) is 2.16. The molecule has 1 amide bonds. The van der Waals surface area contributed by atoms with Gasteiger partial charge in [0.15, 0.2) is 0 Å². The van der Waals surface area contributed by atoms with E-state index in [1.165, 1.54) is 14.2 Å². The van der Waals surface area contributed by atoms with Gasteiger partial charge in [0, 0.05) is 25.9 Å². The van der Waals surface area contributed by atoms with Gasteiger partial charge < -0.3 is 14.4 Å². The van der Waals surface area contributed by atoms with Gasteiger partial charge in [-0.25, -0.2) is 0 Å². The quantitative estimate of drug-likeness (QED) is 0.504. The monoisotopic (exact) mass is 271 g/mol. The summed E-state index contributed by atoms with van der Waals surface area (Å²) < 4.78 is 9.19. The third-order valence-corrected chi connectivity index (χ3v) is 3.29. The van der Waals surface area contributed by atoms with Crippen LogP contribution in [0.5, 0.6) is 0 Å². The normalized spacial score (nSPS) is 18.5. The lowest BCUT2D eigenvalue weighted by Gasteiger charge is -2.15. The Labute approximate surface area is 113 Å². The average Bonchev–Trinajstić information content (AvgIpc) is 2.78. The summed E-state index contributed by atoms with van der Waals surface area (Å²) in [6.45, 7) is 1.08. The van der Waals surface area contributed by atoms with Crippen molar-refractivity contribution >= 4 is 17.8 Å². The molecule has 6 heteroatoms.